The summed E-state index contributed by atoms with van der Waals surface area (Å²) in [6, 6.07) is 10.3. The van der Waals surface area contributed by atoms with Crippen LogP contribution >= 0.6 is 0 Å². The van der Waals surface area contributed by atoms with Gasteiger partial charge in [0.1, 0.15) is 13.2 Å². The zero-order chi connectivity index (χ0) is 14.5. The lowest BCUT2D eigenvalue weighted by Crippen LogP contribution is -2.22. The number of fused-ring (bicyclic) bond motifs is 1. The Balaban J connectivity index is 1.69. The largest absolute Gasteiger partial charge is 0.486 e. The standard InChI is InChI=1S/C17H20N2O2/c1-2-19(12-14-5-7-18-8-6-14)13-15-3-4-16-17(11-15)21-10-9-20-16/h3-8,11H,2,9-10,12-13H2,1H3. The molecule has 4 nitrogen and oxygen atoms in total. The molecule has 0 amide bonds. The van der Waals surface area contributed by atoms with Gasteiger partial charge in [-0.1, -0.05) is 13.0 Å². The molecule has 1 aliphatic heterocycles. The van der Waals surface area contributed by atoms with E-state index < -0.39 is 0 Å². The molecule has 0 aliphatic carbocycles. The number of ether oxygens (including phenoxy) is 2. The maximum Gasteiger partial charge on any atom is 0.161 e. The summed E-state index contributed by atoms with van der Waals surface area (Å²) >= 11 is 0. The molecule has 0 spiro atoms. The van der Waals surface area contributed by atoms with Crippen molar-refractivity contribution in [1.29, 1.82) is 0 Å². The van der Waals surface area contributed by atoms with Crippen LogP contribution in [0.4, 0.5) is 0 Å². The SMILES string of the molecule is CCN(Cc1ccncc1)Cc1ccc2c(c1)OCCO2. The molecule has 0 saturated carbocycles. The second-order valence-corrected chi connectivity index (χ2v) is 5.14. The van der Waals surface area contributed by atoms with Gasteiger partial charge in [-0.25, -0.2) is 0 Å². The Morgan fingerprint density at radius 1 is 0.952 bits per heavy atom. The van der Waals surface area contributed by atoms with E-state index in [0.29, 0.717) is 13.2 Å². The van der Waals surface area contributed by atoms with Crippen molar-refractivity contribution in [3.8, 4) is 11.5 Å². The maximum absolute atomic E-state index is 5.65. The van der Waals surface area contributed by atoms with Crippen molar-refractivity contribution in [1.82, 2.24) is 9.88 Å². The molecule has 0 saturated heterocycles. The molecule has 1 aromatic carbocycles. The zero-order valence-electron chi connectivity index (χ0n) is 12.3. The molecule has 2 heterocycles. The van der Waals surface area contributed by atoms with Crippen molar-refractivity contribution in [3.63, 3.8) is 0 Å². The predicted octanol–water partition coefficient (Wildman–Crippen LogP) is 2.87. The molecule has 0 radical (unpaired) electrons. The fourth-order valence-corrected chi connectivity index (χ4v) is 2.47. The van der Waals surface area contributed by atoms with E-state index in [1.54, 1.807) is 0 Å². The van der Waals surface area contributed by atoms with Gasteiger partial charge >= 0.3 is 0 Å². The van der Waals surface area contributed by atoms with Crippen LogP contribution in [0.25, 0.3) is 0 Å². The molecule has 110 valence electrons. The molecule has 1 aliphatic rings. The smallest absolute Gasteiger partial charge is 0.161 e. The fourth-order valence-electron chi connectivity index (χ4n) is 2.47. The summed E-state index contributed by atoms with van der Waals surface area (Å²) in [7, 11) is 0. The van der Waals surface area contributed by atoms with Gasteiger partial charge in [-0.05, 0) is 41.9 Å². The van der Waals surface area contributed by atoms with Crippen molar-refractivity contribution >= 4 is 0 Å². The summed E-state index contributed by atoms with van der Waals surface area (Å²) in [6.45, 7) is 6.26. The van der Waals surface area contributed by atoms with E-state index in [2.05, 4.69) is 41.1 Å². The van der Waals surface area contributed by atoms with Gasteiger partial charge in [0.15, 0.2) is 11.5 Å². The molecule has 0 fully saturated rings. The average Bonchev–Trinajstić information content (AvgIpc) is 2.55. The maximum atomic E-state index is 5.65. The first-order valence-electron chi connectivity index (χ1n) is 7.35. The number of hydrogen-bond acceptors (Lipinski definition) is 4. The third-order valence-electron chi connectivity index (χ3n) is 3.62. The van der Waals surface area contributed by atoms with Crippen molar-refractivity contribution in [2.75, 3.05) is 19.8 Å². The van der Waals surface area contributed by atoms with Gasteiger partial charge < -0.3 is 9.47 Å². The number of pyridine rings is 1. The van der Waals surface area contributed by atoms with E-state index in [-0.39, 0.29) is 0 Å². The van der Waals surface area contributed by atoms with Crippen LogP contribution in [0.3, 0.4) is 0 Å². The lowest BCUT2D eigenvalue weighted by atomic mass is 10.1. The second-order valence-electron chi connectivity index (χ2n) is 5.14. The Morgan fingerprint density at radius 3 is 2.43 bits per heavy atom. The predicted molar refractivity (Wildman–Crippen MR) is 81.5 cm³/mol. The van der Waals surface area contributed by atoms with Crippen LogP contribution in [0.15, 0.2) is 42.7 Å². The molecule has 21 heavy (non-hydrogen) atoms. The second kappa shape index (κ2) is 6.59. The lowest BCUT2D eigenvalue weighted by molar-refractivity contribution is 0.171. The van der Waals surface area contributed by atoms with E-state index in [1.807, 2.05) is 18.5 Å². The molecule has 0 atom stereocenters. The van der Waals surface area contributed by atoms with Gasteiger partial charge in [0.25, 0.3) is 0 Å². The highest BCUT2D eigenvalue weighted by atomic mass is 16.6. The summed E-state index contributed by atoms with van der Waals surface area (Å²) in [5, 5.41) is 0. The summed E-state index contributed by atoms with van der Waals surface area (Å²) in [4.78, 5) is 6.45. The summed E-state index contributed by atoms with van der Waals surface area (Å²) in [5.41, 5.74) is 2.53. The van der Waals surface area contributed by atoms with Gasteiger partial charge in [0.05, 0.1) is 0 Å². The van der Waals surface area contributed by atoms with Gasteiger partial charge in [-0.2, -0.15) is 0 Å². The Labute approximate surface area is 125 Å². The van der Waals surface area contributed by atoms with E-state index >= 15 is 0 Å². The van der Waals surface area contributed by atoms with Gasteiger partial charge in [-0.15, -0.1) is 0 Å². The van der Waals surface area contributed by atoms with Crippen molar-refractivity contribution in [2.24, 2.45) is 0 Å². The van der Waals surface area contributed by atoms with Gasteiger partial charge in [-0.3, -0.25) is 9.88 Å². The third-order valence-corrected chi connectivity index (χ3v) is 3.62. The highest BCUT2D eigenvalue weighted by Crippen LogP contribution is 2.31. The first-order chi connectivity index (χ1) is 10.3. The molecule has 1 aromatic heterocycles. The quantitative estimate of drug-likeness (QED) is 0.845. The number of aromatic nitrogens is 1. The molecule has 0 bridgehead atoms. The highest BCUT2D eigenvalue weighted by Gasteiger charge is 2.13. The molecule has 0 N–H and O–H groups in total. The van der Waals surface area contributed by atoms with Crippen LogP contribution in [0.1, 0.15) is 18.1 Å². The normalized spacial score (nSPS) is 13.4. The molecule has 2 aromatic rings. The minimum absolute atomic E-state index is 0.630. The molecule has 0 unspecified atom stereocenters. The Bertz CT molecular complexity index is 587. The number of benzene rings is 1. The Hall–Kier alpha value is -2.07. The van der Waals surface area contributed by atoms with E-state index in [1.165, 1.54) is 11.1 Å². The van der Waals surface area contributed by atoms with Crippen LogP contribution in [0.2, 0.25) is 0 Å². The van der Waals surface area contributed by atoms with Crippen LogP contribution in [-0.4, -0.2) is 29.6 Å². The number of nitrogens with zero attached hydrogens (tertiary/aromatic N) is 2. The number of hydrogen-bond donors (Lipinski definition) is 0. The topological polar surface area (TPSA) is 34.6 Å². The van der Waals surface area contributed by atoms with E-state index in [0.717, 1.165) is 31.1 Å². The van der Waals surface area contributed by atoms with Crippen molar-refractivity contribution < 1.29 is 9.47 Å². The highest BCUT2D eigenvalue weighted by molar-refractivity contribution is 5.43. The average molecular weight is 284 g/mol. The van der Waals surface area contributed by atoms with Gasteiger partial charge in [0, 0.05) is 25.5 Å². The summed E-state index contributed by atoms with van der Waals surface area (Å²) in [5.74, 6) is 1.71. The van der Waals surface area contributed by atoms with Crippen LogP contribution < -0.4 is 9.47 Å². The van der Waals surface area contributed by atoms with Gasteiger partial charge in [0.2, 0.25) is 0 Å². The summed E-state index contributed by atoms with van der Waals surface area (Å²) < 4.78 is 11.2. The first kappa shape index (κ1) is 13.9. The Morgan fingerprint density at radius 2 is 1.67 bits per heavy atom. The van der Waals surface area contributed by atoms with Crippen LogP contribution in [0.5, 0.6) is 11.5 Å². The molecule has 3 rings (SSSR count). The molecule has 4 heteroatoms. The van der Waals surface area contributed by atoms with Crippen molar-refractivity contribution in [3.05, 3.63) is 53.9 Å². The minimum atomic E-state index is 0.630. The monoisotopic (exact) mass is 284 g/mol. The van der Waals surface area contributed by atoms with Crippen molar-refractivity contribution in [2.45, 2.75) is 20.0 Å². The summed E-state index contributed by atoms with van der Waals surface area (Å²) in [6.07, 6.45) is 3.68. The van der Waals surface area contributed by atoms with E-state index in [9.17, 15) is 0 Å². The third kappa shape index (κ3) is 3.52. The van der Waals surface area contributed by atoms with Crippen LogP contribution in [0, 0.1) is 0 Å². The minimum Gasteiger partial charge on any atom is -0.486 e. The first-order valence-corrected chi connectivity index (χ1v) is 7.35. The lowest BCUT2D eigenvalue weighted by Gasteiger charge is -2.23. The Kier molecular flexibility index (Phi) is 4.36. The number of rotatable bonds is 5. The van der Waals surface area contributed by atoms with Crippen LogP contribution in [-0.2, 0) is 13.1 Å². The van der Waals surface area contributed by atoms with E-state index in [4.69, 9.17) is 9.47 Å². The molecular formula is C17H20N2O2. The molecular weight excluding hydrogens is 264 g/mol. The zero-order valence-corrected chi connectivity index (χ0v) is 12.3. The fraction of sp³-hybridized carbons (Fsp3) is 0.353.